The summed E-state index contributed by atoms with van der Waals surface area (Å²) in [4.78, 5) is 41.7. The molecule has 0 atom stereocenters. The highest BCUT2D eigenvalue weighted by atomic mass is 16.5. The summed E-state index contributed by atoms with van der Waals surface area (Å²) in [7, 11) is 0. The lowest BCUT2D eigenvalue weighted by atomic mass is 10.1. The summed E-state index contributed by atoms with van der Waals surface area (Å²) >= 11 is 0. The van der Waals surface area contributed by atoms with Crippen LogP contribution in [0.1, 0.15) is 29.3 Å². The van der Waals surface area contributed by atoms with E-state index >= 15 is 0 Å². The second-order valence-electron chi connectivity index (χ2n) is 5.86. The molecule has 0 unspecified atom stereocenters. The number of fused-ring (bicyclic) bond motifs is 1. The quantitative estimate of drug-likeness (QED) is 0.799. The van der Waals surface area contributed by atoms with Gasteiger partial charge in [0.15, 0.2) is 12.4 Å². The molecule has 2 aromatic rings. The third-order valence-electron chi connectivity index (χ3n) is 4.09. The van der Waals surface area contributed by atoms with Crippen molar-refractivity contribution in [1.82, 2.24) is 10.3 Å². The molecule has 7 heteroatoms. The Labute approximate surface area is 151 Å². The number of carbonyl (C=O) groups excluding carboxylic acids is 3. The van der Waals surface area contributed by atoms with Crippen LogP contribution in [-0.2, 0) is 16.1 Å². The predicted molar refractivity (Wildman–Crippen MR) is 95.0 cm³/mol. The van der Waals surface area contributed by atoms with E-state index in [9.17, 15) is 14.4 Å². The number of ketones is 1. The van der Waals surface area contributed by atoms with Crippen molar-refractivity contribution in [2.45, 2.75) is 19.9 Å². The highest BCUT2D eigenvalue weighted by molar-refractivity contribution is 6.04. The van der Waals surface area contributed by atoms with Crippen LogP contribution < -0.4 is 15.0 Å². The Morgan fingerprint density at radius 2 is 2.00 bits per heavy atom. The largest absolute Gasteiger partial charge is 0.482 e. The second kappa shape index (κ2) is 7.77. The van der Waals surface area contributed by atoms with Crippen molar-refractivity contribution in [2.24, 2.45) is 0 Å². The van der Waals surface area contributed by atoms with Crippen LogP contribution in [0.5, 0.6) is 5.75 Å². The first-order valence-electron chi connectivity index (χ1n) is 8.34. The van der Waals surface area contributed by atoms with Gasteiger partial charge in [0, 0.05) is 30.9 Å². The summed E-state index contributed by atoms with van der Waals surface area (Å²) in [6, 6.07) is 8.54. The highest BCUT2D eigenvalue weighted by Crippen LogP contribution is 2.33. The first-order chi connectivity index (χ1) is 12.6. The van der Waals surface area contributed by atoms with Gasteiger partial charge in [-0.05, 0) is 35.9 Å². The molecule has 1 N–H and O–H groups in total. The zero-order chi connectivity index (χ0) is 18.5. The Morgan fingerprint density at radius 3 is 2.73 bits per heavy atom. The number of anilines is 1. The summed E-state index contributed by atoms with van der Waals surface area (Å²) in [5, 5.41) is 2.78. The van der Waals surface area contributed by atoms with E-state index in [0.717, 1.165) is 5.56 Å². The third kappa shape index (κ3) is 3.88. The van der Waals surface area contributed by atoms with Crippen molar-refractivity contribution in [3.63, 3.8) is 0 Å². The predicted octanol–water partition coefficient (Wildman–Crippen LogP) is 1.72. The molecule has 0 fully saturated rings. The Kier molecular flexibility index (Phi) is 5.26. The van der Waals surface area contributed by atoms with Crippen LogP contribution >= 0.6 is 0 Å². The Bertz CT molecular complexity index is 836. The van der Waals surface area contributed by atoms with Gasteiger partial charge < -0.3 is 10.1 Å². The van der Waals surface area contributed by atoms with Crippen LogP contribution in [0.15, 0.2) is 42.7 Å². The maximum atomic E-state index is 12.3. The van der Waals surface area contributed by atoms with Crippen molar-refractivity contribution in [3.8, 4) is 5.75 Å². The second-order valence-corrected chi connectivity index (χ2v) is 5.86. The van der Waals surface area contributed by atoms with Crippen molar-refractivity contribution >= 4 is 23.3 Å². The molecule has 0 saturated carbocycles. The molecule has 0 bridgehead atoms. The number of carbonyl (C=O) groups is 3. The lowest BCUT2D eigenvalue weighted by molar-refractivity contribution is -0.125. The molecule has 0 spiro atoms. The van der Waals surface area contributed by atoms with Gasteiger partial charge in [-0.15, -0.1) is 0 Å². The molecule has 26 heavy (non-hydrogen) atoms. The van der Waals surface area contributed by atoms with Gasteiger partial charge in [0.1, 0.15) is 12.3 Å². The number of benzene rings is 1. The first-order valence-corrected chi connectivity index (χ1v) is 8.34. The molecule has 2 amide bonds. The van der Waals surface area contributed by atoms with Gasteiger partial charge in [-0.1, -0.05) is 6.92 Å². The molecule has 3 rings (SSSR count). The van der Waals surface area contributed by atoms with E-state index in [1.807, 2.05) is 0 Å². The number of Topliss-reactive ketones (excluding diaryl/α,β-unsaturated/α-hetero) is 1. The van der Waals surface area contributed by atoms with Crippen molar-refractivity contribution in [1.29, 1.82) is 0 Å². The number of pyridine rings is 1. The summed E-state index contributed by atoms with van der Waals surface area (Å²) in [6.07, 6.45) is 3.66. The lowest BCUT2D eigenvalue weighted by Crippen LogP contribution is -2.45. The van der Waals surface area contributed by atoms with Crippen molar-refractivity contribution in [2.75, 3.05) is 18.1 Å². The van der Waals surface area contributed by atoms with E-state index in [2.05, 4.69) is 10.3 Å². The molecule has 134 valence electrons. The summed E-state index contributed by atoms with van der Waals surface area (Å²) in [6.45, 7) is 1.85. The number of nitrogens with one attached hydrogen (secondary N) is 1. The molecule has 2 heterocycles. The molecule has 0 aliphatic carbocycles. The molecule has 1 aliphatic heterocycles. The highest BCUT2D eigenvalue weighted by Gasteiger charge is 2.28. The van der Waals surface area contributed by atoms with Gasteiger partial charge in [-0.3, -0.25) is 24.3 Å². The maximum Gasteiger partial charge on any atom is 0.265 e. The van der Waals surface area contributed by atoms with Crippen LogP contribution in [0.2, 0.25) is 0 Å². The van der Waals surface area contributed by atoms with E-state index in [4.69, 9.17) is 4.74 Å². The normalized spacial score (nSPS) is 13.0. The Hall–Kier alpha value is -3.22. The maximum absolute atomic E-state index is 12.3. The zero-order valence-electron chi connectivity index (χ0n) is 14.4. The summed E-state index contributed by atoms with van der Waals surface area (Å²) in [5.41, 5.74) is 1.85. The average Bonchev–Trinajstić information content (AvgIpc) is 2.68. The van der Waals surface area contributed by atoms with Gasteiger partial charge in [-0.25, -0.2) is 0 Å². The molecule has 7 nitrogen and oxygen atoms in total. The van der Waals surface area contributed by atoms with Gasteiger partial charge in [0.05, 0.1) is 5.69 Å². The molecule has 0 saturated heterocycles. The van der Waals surface area contributed by atoms with E-state index in [1.165, 1.54) is 4.90 Å². The average molecular weight is 353 g/mol. The smallest absolute Gasteiger partial charge is 0.265 e. The number of nitrogens with zero attached hydrogens (tertiary/aromatic N) is 2. The minimum atomic E-state index is -0.322. The molecule has 1 aliphatic rings. The van der Waals surface area contributed by atoms with Gasteiger partial charge in [0.25, 0.3) is 5.91 Å². The van der Waals surface area contributed by atoms with Crippen LogP contribution in [-0.4, -0.2) is 35.7 Å². The topological polar surface area (TPSA) is 88.6 Å². The molecule has 0 radical (unpaired) electrons. The number of amides is 2. The number of hydrogen-bond donors (Lipinski definition) is 1. The minimum Gasteiger partial charge on any atom is -0.482 e. The van der Waals surface area contributed by atoms with Crippen LogP contribution in [0.4, 0.5) is 5.69 Å². The van der Waals surface area contributed by atoms with E-state index in [0.29, 0.717) is 30.0 Å². The SMILES string of the molecule is CCC(=O)c1ccc2c(c1)N(CC(=O)NCc1ccncc1)C(=O)CO2. The van der Waals surface area contributed by atoms with Crippen molar-refractivity contribution < 1.29 is 19.1 Å². The van der Waals surface area contributed by atoms with Crippen molar-refractivity contribution in [3.05, 3.63) is 53.9 Å². The van der Waals surface area contributed by atoms with Crippen LogP contribution in [0.3, 0.4) is 0 Å². The fourth-order valence-corrected chi connectivity index (χ4v) is 2.65. The van der Waals surface area contributed by atoms with Gasteiger partial charge >= 0.3 is 0 Å². The van der Waals surface area contributed by atoms with Crippen LogP contribution in [0.25, 0.3) is 0 Å². The molecule has 1 aromatic heterocycles. The van der Waals surface area contributed by atoms with E-state index in [1.54, 1.807) is 49.6 Å². The number of rotatable bonds is 6. The zero-order valence-corrected chi connectivity index (χ0v) is 14.4. The monoisotopic (exact) mass is 353 g/mol. The molecular formula is C19H19N3O4. The number of aromatic nitrogens is 1. The fraction of sp³-hybridized carbons (Fsp3) is 0.263. The van der Waals surface area contributed by atoms with Gasteiger partial charge in [0.2, 0.25) is 5.91 Å². The van der Waals surface area contributed by atoms with Crippen LogP contribution in [0, 0.1) is 0 Å². The fourth-order valence-electron chi connectivity index (χ4n) is 2.65. The third-order valence-corrected chi connectivity index (χ3v) is 4.09. The molecular weight excluding hydrogens is 334 g/mol. The Morgan fingerprint density at radius 1 is 1.23 bits per heavy atom. The van der Waals surface area contributed by atoms with Gasteiger partial charge in [-0.2, -0.15) is 0 Å². The summed E-state index contributed by atoms with van der Waals surface area (Å²) < 4.78 is 5.40. The summed E-state index contributed by atoms with van der Waals surface area (Å²) in [5.74, 6) is -0.167. The number of hydrogen-bond acceptors (Lipinski definition) is 5. The first kappa shape index (κ1) is 17.6. The van der Waals surface area contributed by atoms with E-state index < -0.39 is 0 Å². The van der Waals surface area contributed by atoms with E-state index in [-0.39, 0.29) is 30.7 Å². The lowest BCUT2D eigenvalue weighted by Gasteiger charge is -2.29. The minimum absolute atomic E-state index is 0.0343. The Balaban J connectivity index is 1.74. The number of ether oxygens (including phenoxy) is 1. The molecule has 1 aromatic carbocycles. The standard InChI is InChI=1S/C19H19N3O4/c1-2-16(23)14-3-4-17-15(9-14)22(19(25)12-26-17)11-18(24)21-10-13-5-7-20-8-6-13/h3-9H,2,10-12H2,1H3,(H,21,24).